The van der Waals surface area contributed by atoms with Crippen molar-refractivity contribution >= 4 is 57.9 Å². The Labute approximate surface area is 227 Å². The number of anilines is 1. The van der Waals surface area contributed by atoms with Gasteiger partial charge in [0.25, 0.3) is 0 Å². The van der Waals surface area contributed by atoms with Crippen molar-refractivity contribution in [3.05, 3.63) is 85.9 Å². The number of carbonyl (C=O) groups excluding carboxylic acids is 2. The number of hydrogen-bond acceptors (Lipinski definition) is 6. The van der Waals surface area contributed by atoms with Crippen molar-refractivity contribution in [2.75, 3.05) is 12.4 Å². The van der Waals surface area contributed by atoms with Crippen LogP contribution < -0.4 is 20.2 Å². The zero-order chi connectivity index (χ0) is 25.9. The number of benzene rings is 3. The molecule has 3 rings (SSSR count). The van der Waals surface area contributed by atoms with Gasteiger partial charge in [-0.05, 0) is 58.5 Å². The Bertz CT molecular complexity index is 1320. The minimum absolute atomic E-state index is 0.0146. The number of hydrogen-bond donors (Lipinski definition) is 2. The molecule has 0 aliphatic heterocycles. The van der Waals surface area contributed by atoms with E-state index in [0.29, 0.717) is 33.3 Å². The summed E-state index contributed by atoms with van der Waals surface area (Å²) in [6, 6.07) is 19.8. The molecule has 10 heteroatoms. The molecule has 0 bridgehead atoms. The van der Waals surface area contributed by atoms with Crippen LogP contribution in [0.2, 0.25) is 5.02 Å². The molecule has 184 valence electrons. The molecule has 2 N–H and O–H groups in total. The molecule has 0 aromatic heterocycles. The van der Waals surface area contributed by atoms with E-state index >= 15 is 0 Å². The summed E-state index contributed by atoms with van der Waals surface area (Å²) in [6.45, 7) is 0.212. The van der Waals surface area contributed by atoms with Gasteiger partial charge in [-0.2, -0.15) is 10.4 Å². The molecule has 2 amide bonds. The van der Waals surface area contributed by atoms with Crippen LogP contribution in [0.4, 0.5) is 5.69 Å². The molecule has 0 saturated heterocycles. The molecule has 0 radical (unpaired) electrons. The van der Waals surface area contributed by atoms with Crippen LogP contribution in [0.15, 0.2) is 65.8 Å². The SMILES string of the molecule is COc1cc(C=NNC(=O)CCC(=O)Nc2ccccc2Cl)cc(I)c1OCc1ccccc1C#N. The number of amides is 2. The van der Waals surface area contributed by atoms with Crippen molar-refractivity contribution in [2.45, 2.75) is 19.4 Å². The summed E-state index contributed by atoms with van der Waals surface area (Å²) in [5.41, 5.74) is 4.90. The van der Waals surface area contributed by atoms with Crippen LogP contribution >= 0.6 is 34.2 Å². The van der Waals surface area contributed by atoms with Crippen molar-refractivity contribution in [1.82, 2.24) is 5.43 Å². The van der Waals surface area contributed by atoms with Crippen LogP contribution in [0.5, 0.6) is 11.5 Å². The molecular formula is C26H22ClIN4O4. The Hall–Kier alpha value is -3.62. The van der Waals surface area contributed by atoms with Gasteiger partial charge in [0.1, 0.15) is 6.61 Å². The van der Waals surface area contributed by atoms with Gasteiger partial charge < -0.3 is 14.8 Å². The number of nitriles is 1. The van der Waals surface area contributed by atoms with Gasteiger partial charge in [0, 0.05) is 18.4 Å². The lowest BCUT2D eigenvalue weighted by molar-refractivity contribution is -0.124. The third kappa shape index (κ3) is 7.69. The van der Waals surface area contributed by atoms with E-state index in [4.69, 9.17) is 21.1 Å². The van der Waals surface area contributed by atoms with Gasteiger partial charge in [0.2, 0.25) is 11.8 Å². The lowest BCUT2D eigenvalue weighted by Gasteiger charge is -2.14. The molecule has 3 aromatic rings. The Morgan fingerprint density at radius 3 is 2.58 bits per heavy atom. The minimum Gasteiger partial charge on any atom is -0.493 e. The summed E-state index contributed by atoms with van der Waals surface area (Å²) in [5, 5.41) is 16.3. The number of halogens is 2. The first-order chi connectivity index (χ1) is 17.4. The number of carbonyl (C=O) groups is 2. The van der Waals surface area contributed by atoms with Crippen molar-refractivity contribution in [3.63, 3.8) is 0 Å². The average Bonchev–Trinajstić information content (AvgIpc) is 2.88. The summed E-state index contributed by atoms with van der Waals surface area (Å²) in [4.78, 5) is 24.1. The molecule has 0 aliphatic carbocycles. The summed E-state index contributed by atoms with van der Waals surface area (Å²) < 4.78 is 12.2. The van der Waals surface area contributed by atoms with E-state index in [2.05, 4.69) is 44.5 Å². The van der Waals surface area contributed by atoms with E-state index in [1.165, 1.54) is 13.3 Å². The quantitative estimate of drug-likeness (QED) is 0.183. The maximum absolute atomic E-state index is 12.1. The number of rotatable bonds is 10. The Balaban J connectivity index is 1.54. The van der Waals surface area contributed by atoms with Crippen LogP contribution in [0.1, 0.15) is 29.5 Å². The van der Waals surface area contributed by atoms with E-state index in [-0.39, 0.29) is 25.4 Å². The molecule has 0 saturated carbocycles. The predicted molar refractivity (Wildman–Crippen MR) is 146 cm³/mol. The highest BCUT2D eigenvalue weighted by atomic mass is 127. The Morgan fingerprint density at radius 1 is 1.11 bits per heavy atom. The average molecular weight is 617 g/mol. The van der Waals surface area contributed by atoms with Crippen LogP contribution in [-0.2, 0) is 16.2 Å². The van der Waals surface area contributed by atoms with Crippen LogP contribution in [0.3, 0.4) is 0 Å². The van der Waals surface area contributed by atoms with Crippen molar-refractivity contribution < 1.29 is 19.1 Å². The van der Waals surface area contributed by atoms with Crippen LogP contribution in [-0.4, -0.2) is 25.1 Å². The van der Waals surface area contributed by atoms with E-state index in [0.717, 1.165) is 9.13 Å². The fourth-order valence-corrected chi connectivity index (χ4v) is 4.06. The van der Waals surface area contributed by atoms with Gasteiger partial charge in [-0.3, -0.25) is 9.59 Å². The monoisotopic (exact) mass is 616 g/mol. The third-order valence-corrected chi connectivity index (χ3v) is 6.02. The summed E-state index contributed by atoms with van der Waals surface area (Å²) >= 11 is 8.14. The number of hydrazone groups is 1. The lowest BCUT2D eigenvalue weighted by atomic mass is 10.1. The van der Waals surface area contributed by atoms with E-state index in [1.807, 2.05) is 18.2 Å². The number of para-hydroxylation sites is 1. The molecule has 36 heavy (non-hydrogen) atoms. The molecule has 0 aliphatic rings. The van der Waals surface area contributed by atoms with Gasteiger partial charge in [-0.1, -0.05) is 41.9 Å². The highest BCUT2D eigenvalue weighted by Gasteiger charge is 2.13. The van der Waals surface area contributed by atoms with E-state index in [1.54, 1.807) is 42.5 Å². The highest BCUT2D eigenvalue weighted by molar-refractivity contribution is 14.1. The highest BCUT2D eigenvalue weighted by Crippen LogP contribution is 2.34. The molecule has 0 atom stereocenters. The smallest absolute Gasteiger partial charge is 0.240 e. The van der Waals surface area contributed by atoms with Gasteiger partial charge in [0.05, 0.1) is 39.2 Å². The second kappa shape index (κ2) is 13.5. The second-order valence-electron chi connectivity index (χ2n) is 7.41. The van der Waals surface area contributed by atoms with Crippen molar-refractivity contribution in [2.24, 2.45) is 5.10 Å². The molecule has 0 fully saturated rings. The van der Waals surface area contributed by atoms with Crippen molar-refractivity contribution in [3.8, 4) is 17.6 Å². The number of nitrogens with zero attached hydrogens (tertiary/aromatic N) is 2. The standard InChI is InChI=1S/C26H22ClIN4O4/c1-35-23-13-17(12-21(28)26(23)36-16-19-7-3-2-6-18(19)14-29)15-30-32-25(34)11-10-24(33)31-22-9-5-4-8-20(22)27/h2-9,12-13,15H,10-11,16H2,1H3,(H,31,33)(H,32,34). The first-order valence-electron chi connectivity index (χ1n) is 10.8. The minimum atomic E-state index is -0.404. The van der Waals surface area contributed by atoms with Gasteiger partial charge in [-0.15, -0.1) is 0 Å². The fraction of sp³-hybridized carbons (Fsp3) is 0.154. The Morgan fingerprint density at radius 2 is 1.83 bits per heavy atom. The summed E-state index contributed by atoms with van der Waals surface area (Å²) in [6.07, 6.45) is 1.42. The number of ether oxygens (including phenoxy) is 2. The van der Waals surface area contributed by atoms with Gasteiger partial charge >= 0.3 is 0 Å². The predicted octanol–water partition coefficient (Wildman–Crippen LogP) is 5.27. The molecule has 8 nitrogen and oxygen atoms in total. The largest absolute Gasteiger partial charge is 0.493 e. The zero-order valence-corrected chi connectivity index (χ0v) is 22.2. The van der Waals surface area contributed by atoms with Gasteiger partial charge in [-0.25, -0.2) is 5.43 Å². The van der Waals surface area contributed by atoms with Crippen molar-refractivity contribution in [1.29, 1.82) is 5.26 Å². The van der Waals surface area contributed by atoms with Crippen LogP contribution in [0.25, 0.3) is 0 Å². The normalized spacial score (nSPS) is 10.5. The molecule has 0 heterocycles. The maximum atomic E-state index is 12.1. The first-order valence-corrected chi connectivity index (χ1v) is 12.2. The van der Waals surface area contributed by atoms with E-state index in [9.17, 15) is 14.9 Å². The fourth-order valence-electron chi connectivity index (χ4n) is 3.10. The molecule has 0 spiro atoms. The number of methoxy groups -OCH3 is 1. The topological polar surface area (TPSA) is 113 Å². The third-order valence-electron chi connectivity index (χ3n) is 4.89. The molecule has 0 unspecified atom stereocenters. The molecule has 3 aromatic carbocycles. The maximum Gasteiger partial charge on any atom is 0.240 e. The molecular weight excluding hydrogens is 595 g/mol. The first kappa shape index (κ1) is 27.0. The van der Waals surface area contributed by atoms with Gasteiger partial charge in [0.15, 0.2) is 11.5 Å². The van der Waals surface area contributed by atoms with Crippen LogP contribution in [0, 0.1) is 14.9 Å². The van der Waals surface area contributed by atoms with E-state index < -0.39 is 5.91 Å². The second-order valence-corrected chi connectivity index (χ2v) is 8.98. The summed E-state index contributed by atoms with van der Waals surface area (Å²) in [7, 11) is 1.53. The number of nitrogens with one attached hydrogen (secondary N) is 2. The zero-order valence-electron chi connectivity index (χ0n) is 19.3. The Kier molecular flexibility index (Phi) is 10.1. The lowest BCUT2D eigenvalue weighted by Crippen LogP contribution is -2.20. The summed E-state index contributed by atoms with van der Waals surface area (Å²) in [5.74, 6) is 0.296.